The Morgan fingerprint density at radius 3 is 2.78 bits per heavy atom. The Labute approximate surface area is 109 Å². The van der Waals surface area contributed by atoms with E-state index in [9.17, 15) is 4.79 Å². The standard InChI is InChI=1S/C14H14N2OS/c1-3-9(2)16-13(17)11-7-5-4-6-10(11)12-14(16)18-8-15-12/h4-9H,3H2,1-2H3. The van der Waals surface area contributed by atoms with E-state index in [4.69, 9.17) is 0 Å². The minimum absolute atomic E-state index is 0.0942. The predicted molar refractivity (Wildman–Crippen MR) is 76.4 cm³/mol. The molecular formula is C14H14N2OS. The zero-order valence-corrected chi connectivity index (χ0v) is 11.2. The predicted octanol–water partition coefficient (Wildman–Crippen LogP) is 3.58. The van der Waals surface area contributed by atoms with Gasteiger partial charge in [-0.15, -0.1) is 11.3 Å². The molecule has 18 heavy (non-hydrogen) atoms. The summed E-state index contributed by atoms with van der Waals surface area (Å²) >= 11 is 1.54. The molecule has 92 valence electrons. The maximum Gasteiger partial charge on any atom is 0.259 e. The van der Waals surface area contributed by atoms with Gasteiger partial charge in [-0.1, -0.05) is 25.1 Å². The van der Waals surface area contributed by atoms with Gasteiger partial charge in [-0.05, 0) is 19.4 Å². The Hall–Kier alpha value is -1.68. The molecule has 0 aliphatic carbocycles. The largest absolute Gasteiger partial charge is 0.295 e. The molecule has 3 rings (SSSR count). The Morgan fingerprint density at radius 1 is 1.33 bits per heavy atom. The van der Waals surface area contributed by atoms with Crippen molar-refractivity contribution in [1.29, 1.82) is 0 Å². The minimum atomic E-state index is 0.0942. The van der Waals surface area contributed by atoms with Gasteiger partial charge in [0, 0.05) is 16.8 Å². The molecule has 0 amide bonds. The molecule has 0 bridgehead atoms. The molecule has 1 aromatic carbocycles. The number of pyridine rings is 1. The van der Waals surface area contributed by atoms with E-state index >= 15 is 0 Å². The fraction of sp³-hybridized carbons (Fsp3) is 0.286. The molecule has 1 atom stereocenters. The summed E-state index contributed by atoms with van der Waals surface area (Å²) in [5, 5.41) is 1.72. The van der Waals surface area contributed by atoms with Crippen molar-refractivity contribution in [3.63, 3.8) is 0 Å². The molecular weight excluding hydrogens is 244 g/mol. The number of hydrogen-bond donors (Lipinski definition) is 0. The smallest absolute Gasteiger partial charge is 0.259 e. The molecule has 0 aliphatic heterocycles. The van der Waals surface area contributed by atoms with Crippen molar-refractivity contribution >= 4 is 32.5 Å². The van der Waals surface area contributed by atoms with Gasteiger partial charge >= 0.3 is 0 Å². The van der Waals surface area contributed by atoms with Crippen molar-refractivity contribution in [3.05, 3.63) is 40.1 Å². The number of benzene rings is 1. The summed E-state index contributed by atoms with van der Waals surface area (Å²) in [6, 6.07) is 7.91. The van der Waals surface area contributed by atoms with Gasteiger partial charge in [0.25, 0.3) is 5.56 Å². The molecule has 0 fully saturated rings. The number of nitrogens with zero attached hydrogens (tertiary/aromatic N) is 2. The second-order valence-electron chi connectivity index (χ2n) is 4.48. The summed E-state index contributed by atoms with van der Waals surface area (Å²) in [6.45, 7) is 4.18. The van der Waals surface area contributed by atoms with Crippen LogP contribution in [0.5, 0.6) is 0 Å². The van der Waals surface area contributed by atoms with E-state index in [0.717, 1.165) is 27.5 Å². The third-order valence-electron chi connectivity index (χ3n) is 3.43. The van der Waals surface area contributed by atoms with Crippen molar-refractivity contribution < 1.29 is 0 Å². The SMILES string of the molecule is CCC(C)n1c(=O)c2ccccc2c2ncsc21. The number of fused-ring (bicyclic) bond motifs is 3. The number of thiazole rings is 1. The number of rotatable bonds is 2. The van der Waals surface area contributed by atoms with E-state index in [0.29, 0.717) is 0 Å². The van der Waals surface area contributed by atoms with Crippen molar-refractivity contribution in [2.24, 2.45) is 0 Å². The highest BCUT2D eigenvalue weighted by Crippen LogP contribution is 2.27. The summed E-state index contributed by atoms with van der Waals surface area (Å²) in [5.41, 5.74) is 2.85. The van der Waals surface area contributed by atoms with Crippen LogP contribution < -0.4 is 5.56 Å². The molecule has 2 aromatic heterocycles. The van der Waals surface area contributed by atoms with Crippen LogP contribution in [0.3, 0.4) is 0 Å². The van der Waals surface area contributed by atoms with Gasteiger partial charge in [0.1, 0.15) is 10.3 Å². The molecule has 1 unspecified atom stereocenters. The van der Waals surface area contributed by atoms with Gasteiger partial charge in [0.15, 0.2) is 0 Å². The number of hydrogen-bond acceptors (Lipinski definition) is 3. The van der Waals surface area contributed by atoms with Crippen molar-refractivity contribution in [3.8, 4) is 0 Å². The van der Waals surface area contributed by atoms with Gasteiger partial charge in [-0.3, -0.25) is 9.36 Å². The van der Waals surface area contributed by atoms with Gasteiger partial charge in [0.05, 0.1) is 5.51 Å². The second-order valence-corrected chi connectivity index (χ2v) is 5.32. The lowest BCUT2D eigenvalue weighted by molar-refractivity contribution is 0.536. The molecule has 3 nitrogen and oxygen atoms in total. The first-order valence-electron chi connectivity index (χ1n) is 6.10. The summed E-state index contributed by atoms with van der Waals surface area (Å²) in [6.07, 6.45) is 0.936. The molecule has 0 radical (unpaired) electrons. The van der Waals surface area contributed by atoms with E-state index in [1.54, 1.807) is 0 Å². The lowest BCUT2D eigenvalue weighted by atomic mass is 10.1. The highest BCUT2D eigenvalue weighted by Gasteiger charge is 2.15. The van der Waals surface area contributed by atoms with Crippen LogP contribution in [0.25, 0.3) is 21.1 Å². The Kier molecular flexibility index (Phi) is 2.67. The average molecular weight is 258 g/mol. The zero-order valence-electron chi connectivity index (χ0n) is 10.4. The van der Waals surface area contributed by atoms with Gasteiger partial charge in [-0.25, -0.2) is 4.98 Å². The van der Waals surface area contributed by atoms with Gasteiger partial charge < -0.3 is 0 Å². The van der Waals surface area contributed by atoms with E-state index in [1.165, 1.54) is 11.3 Å². The molecule has 0 aliphatic rings. The van der Waals surface area contributed by atoms with E-state index < -0.39 is 0 Å². The molecule has 0 saturated heterocycles. The lowest BCUT2D eigenvalue weighted by Gasteiger charge is -2.15. The van der Waals surface area contributed by atoms with Crippen LogP contribution in [-0.2, 0) is 0 Å². The summed E-state index contributed by atoms with van der Waals surface area (Å²) in [4.78, 5) is 18.0. The second kappa shape index (κ2) is 4.21. The fourth-order valence-electron chi connectivity index (χ4n) is 2.28. The first-order valence-corrected chi connectivity index (χ1v) is 6.98. The maximum absolute atomic E-state index is 12.6. The summed E-state index contributed by atoms with van der Waals surface area (Å²) < 4.78 is 1.88. The van der Waals surface area contributed by atoms with Crippen LogP contribution in [0.1, 0.15) is 26.3 Å². The first kappa shape index (κ1) is 11.4. The molecule has 4 heteroatoms. The van der Waals surface area contributed by atoms with Crippen molar-refractivity contribution in [1.82, 2.24) is 9.55 Å². The molecule has 3 aromatic rings. The van der Waals surface area contributed by atoms with Crippen LogP contribution in [-0.4, -0.2) is 9.55 Å². The fourth-order valence-corrected chi connectivity index (χ4v) is 3.19. The maximum atomic E-state index is 12.6. The Bertz CT molecular complexity index is 772. The van der Waals surface area contributed by atoms with E-state index in [2.05, 4.69) is 18.8 Å². The van der Waals surface area contributed by atoms with Crippen LogP contribution >= 0.6 is 11.3 Å². The van der Waals surface area contributed by atoms with Crippen molar-refractivity contribution in [2.75, 3.05) is 0 Å². The van der Waals surface area contributed by atoms with Crippen LogP contribution in [0, 0.1) is 0 Å². The van der Waals surface area contributed by atoms with Crippen LogP contribution in [0.2, 0.25) is 0 Å². The monoisotopic (exact) mass is 258 g/mol. The molecule has 2 heterocycles. The van der Waals surface area contributed by atoms with E-state index in [1.807, 2.05) is 34.3 Å². The first-order chi connectivity index (χ1) is 8.74. The normalized spacial score (nSPS) is 13.2. The summed E-state index contributed by atoms with van der Waals surface area (Å²) in [7, 11) is 0. The zero-order chi connectivity index (χ0) is 12.7. The Morgan fingerprint density at radius 2 is 2.06 bits per heavy atom. The molecule has 0 N–H and O–H groups in total. The number of aromatic nitrogens is 2. The quantitative estimate of drug-likeness (QED) is 0.704. The lowest BCUT2D eigenvalue weighted by Crippen LogP contribution is -2.23. The highest BCUT2D eigenvalue weighted by atomic mass is 32.1. The summed E-state index contributed by atoms with van der Waals surface area (Å²) in [5.74, 6) is 0. The molecule has 0 saturated carbocycles. The van der Waals surface area contributed by atoms with Crippen LogP contribution in [0.4, 0.5) is 0 Å². The van der Waals surface area contributed by atoms with Gasteiger partial charge in [-0.2, -0.15) is 0 Å². The van der Waals surface area contributed by atoms with E-state index in [-0.39, 0.29) is 11.6 Å². The van der Waals surface area contributed by atoms with Crippen molar-refractivity contribution in [2.45, 2.75) is 26.3 Å². The Balaban J connectivity index is 2.57. The minimum Gasteiger partial charge on any atom is -0.295 e. The highest BCUT2D eigenvalue weighted by molar-refractivity contribution is 7.16. The molecule has 0 spiro atoms. The van der Waals surface area contributed by atoms with Crippen LogP contribution in [0.15, 0.2) is 34.6 Å². The third-order valence-corrected chi connectivity index (χ3v) is 4.25. The third kappa shape index (κ3) is 1.49. The van der Waals surface area contributed by atoms with Gasteiger partial charge in [0.2, 0.25) is 0 Å². The topological polar surface area (TPSA) is 34.9 Å². The average Bonchev–Trinajstić information content (AvgIpc) is 2.88.